The zero-order valence-electron chi connectivity index (χ0n) is 12.9. The van der Waals surface area contributed by atoms with Gasteiger partial charge in [0.1, 0.15) is 11.9 Å². The molecule has 1 aliphatic rings. The minimum absolute atomic E-state index is 0.0531. The van der Waals surface area contributed by atoms with Crippen LogP contribution in [-0.4, -0.2) is 23.4 Å². The highest BCUT2D eigenvalue weighted by Crippen LogP contribution is 2.29. The molecule has 2 atom stereocenters. The summed E-state index contributed by atoms with van der Waals surface area (Å²) in [7, 11) is 0. The molecule has 0 spiro atoms. The Morgan fingerprint density at radius 3 is 2.75 bits per heavy atom. The van der Waals surface area contributed by atoms with Crippen molar-refractivity contribution in [2.75, 3.05) is 0 Å². The molecule has 1 aromatic rings. The Morgan fingerprint density at radius 2 is 2.05 bits per heavy atom. The number of hydrogen-bond acceptors (Lipinski definition) is 3. The van der Waals surface area contributed by atoms with Crippen LogP contribution in [0, 0.1) is 6.92 Å². The molecule has 0 radical (unpaired) electrons. The molecule has 3 nitrogen and oxygen atoms in total. The van der Waals surface area contributed by atoms with E-state index < -0.39 is 0 Å². The number of aliphatic hydroxyl groups is 1. The van der Waals surface area contributed by atoms with Crippen molar-refractivity contribution in [3.8, 4) is 5.75 Å². The number of rotatable bonds is 5. The fourth-order valence-electron chi connectivity index (χ4n) is 2.70. The molecule has 2 rings (SSSR count). The maximum Gasteiger partial charge on any atom is 0.127 e. The molecule has 0 aliphatic heterocycles. The first-order chi connectivity index (χ1) is 9.58. The molecular weight excluding hydrogens is 250 g/mol. The summed E-state index contributed by atoms with van der Waals surface area (Å²) in [5.74, 6) is 0.951. The molecule has 0 saturated heterocycles. The molecule has 2 N–H and O–H groups in total. The molecule has 0 amide bonds. The van der Waals surface area contributed by atoms with Gasteiger partial charge in [-0.2, -0.15) is 0 Å². The zero-order chi connectivity index (χ0) is 14.5. The Labute approximate surface area is 122 Å². The van der Waals surface area contributed by atoms with Crippen molar-refractivity contribution in [1.82, 2.24) is 5.32 Å². The first kappa shape index (κ1) is 15.3. The monoisotopic (exact) mass is 277 g/mol. The van der Waals surface area contributed by atoms with E-state index in [1.165, 1.54) is 5.56 Å². The summed E-state index contributed by atoms with van der Waals surface area (Å²) in [6, 6.07) is 6.69. The summed E-state index contributed by atoms with van der Waals surface area (Å²) >= 11 is 0. The maximum absolute atomic E-state index is 10.1. The minimum atomic E-state index is -0.325. The van der Waals surface area contributed by atoms with Gasteiger partial charge in [0.25, 0.3) is 0 Å². The summed E-state index contributed by atoms with van der Waals surface area (Å²) < 4.78 is 6.17. The summed E-state index contributed by atoms with van der Waals surface area (Å²) in [5, 5.41) is 13.5. The highest BCUT2D eigenvalue weighted by atomic mass is 16.5. The van der Waals surface area contributed by atoms with Gasteiger partial charge in [-0.25, -0.2) is 0 Å². The summed E-state index contributed by atoms with van der Waals surface area (Å²) in [6.07, 6.45) is 3.68. The van der Waals surface area contributed by atoms with Crippen LogP contribution >= 0.6 is 0 Å². The van der Waals surface area contributed by atoms with Gasteiger partial charge < -0.3 is 15.2 Å². The van der Waals surface area contributed by atoms with Crippen LogP contribution in [0.1, 0.15) is 50.7 Å². The van der Waals surface area contributed by atoms with Gasteiger partial charge >= 0.3 is 0 Å². The molecule has 0 heterocycles. The molecule has 112 valence electrons. The smallest absolute Gasteiger partial charge is 0.127 e. The van der Waals surface area contributed by atoms with Crippen molar-refractivity contribution in [3.63, 3.8) is 0 Å². The molecule has 2 unspecified atom stereocenters. The lowest BCUT2D eigenvalue weighted by Crippen LogP contribution is -2.35. The largest absolute Gasteiger partial charge is 0.487 e. The van der Waals surface area contributed by atoms with E-state index in [2.05, 4.69) is 44.3 Å². The van der Waals surface area contributed by atoms with Crippen LogP contribution in [-0.2, 0) is 6.54 Å². The number of para-hydroxylation sites is 1. The SMILES string of the molecule is Cc1cccc(CNC(C)C)c1OC1CCCCC1O. The lowest BCUT2D eigenvalue weighted by atomic mass is 9.94. The van der Waals surface area contributed by atoms with E-state index in [9.17, 15) is 5.11 Å². The van der Waals surface area contributed by atoms with Crippen molar-refractivity contribution < 1.29 is 9.84 Å². The van der Waals surface area contributed by atoms with Crippen molar-refractivity contribution in [3.05, 3.63) is 29.3 Å². The van der Waals surface area contributed by atoms with Gasteiger partial charge in [0.05, 0.1) is 6.10 Å². The van der Waals surface area contributed by atoms with E-state index >= 15 is 0 Å². The van der Waals surface area contributed by atoms with Gasteiger partial charge in [-0.1, -0.05) is 38.5 Å². The zero-order valence-corrected chi connectivity index (χ0v) is 12.9. The van der Waals surface area contributed by atoms with Crippen LogP contribution in [0.15, 0.2) is 18.2 Å². The molecular formula is C17H27NO2. The van der Waals surface area contributed by atoms with Gasteiger partial charge in [0.15, 0.2) is 0 Å². The Morgan fingerprint density at radius 1 is 1.30 bits per heavy atom. The Kier molecular flexibility index (Phi) is 5.44. The quantitative estimate of drug-likeness (QED) is 0.868. The van der Waals surface area contributed by atoms with E-state index in [0.29, 0.717) is 6.04 Å². The van der Waals surface area contributed by atoms with Crippen LogP contribution < -0.4 is 10.1 Å². The van der Waals surface area contributed by atoms with Crippen molar-refractivity contribution in [2.24, 2.45) is 0 Å². The first-order valence-electron chi connectivity index (χ1n) is 7.74. The molecule has 1 saturated carbocycles. The first-order valence-corrected chi connectivity index (χ1v) is 7.74. The summed E-state index contributed by atoms with van der Waals surface area (Å²) in [4.78, 5) is 0. The third-order valence-electron chi connectivity index (χ3n) is 3.93. The topological polar surface area (TPSA) is 41.5 Å². The third-order valence-corrected chi connectivity index (χ3v) is 3.93. The lowest BCUT2D eigenvalue weighted by Gasteiger charge is -2.30. The van der Waals surface area contributed by atoms with Gasteiger partial charge in [-0.3, -0.25) is 0 Å². The van der Waals surface area contributed by atoms with Gasteiger partial charge in [0.2, 0.25) is 0 Å². The van der Waals surface area contributed by atoms with E-state index in [-0.39, 0.29) is 12.2 Å². The molecule has 1 fully saturated rings. The van der Waals surface area contributed by atoms with Crippen LogP contribution in [0.3, 0.4) is 0 Å². The van der Waals surface area contributed by atoms with Crippen LogP contribution in [0.2, 0.25) is 0 Å². The molecule has 20 heavy (non-hydrogen) atoms. The normalized spacial score (nSPS) is 23.1. The van der Waals surface area contributed by atoms with Crippen LogP contribution in [0.4, 0.5) is 0 Å². The summed E-state index contributed by atoms with van der Waals surface area (Å²) in [5.41, 5.74) is 2.32. The Bertz CT molecular complexity index is 431. The number of hydrogen-bond donors (Lipinski definition) is 2. The second-order valence-electron chi connectivity index (χ2n) is 6.11. The minimum Gasteiger partial charge on any atom is -0.487 e. The number of ether oxygens (including phenoxy) is 1. The standard InChI is InChI=1S/C17H27NO2/c1-12(2)18-11-14-8-6-7-13(3)17(14)20-16-10-5-4-9-15(16)19/h6-8,12,15-16,18-19H,4-5,9-11H2,1-3H3. The fraction of sp³-hybridized carbons (Fsp3) is 0.647. The molecule has 1 aromatic carbocycles. The molecule has 0 bridgehead atoms. The predicted molar refractivity (Wildman–Crippen MR) is 82.0 cm³/mol. The van der Waals surface area contributed by atoms with Crippen molar-refractivity contribution in [2.45, 2.75) is 71.2 Å². The maximum atomic E-state index is 10.1. The van der Waals surface area contributed by atoms with E-state index in [1.54, 1.807) is 0 Å². The molecule has 1 aliphatic carbocycles. The van der Waals surface area contributed by atoms with Crippen LogP contribution in [0.25, 0.3) is 0 Å². The predicted octanol–water partition coefficient (Wildman–Crippen LogP) is 3.18. The van der Waals surface area contributed by atoms with Crippen molar-refractivity contribution in [1.29, 1.82) is 0 Å². The third kappa shape index (κ3) is 3.97. The Balaban J connectivity index is 2.12. The fourth-order valence-corrected chi connectivity index (χ4v) is 2.70. The second-order valence-corrected chi connectivity index (χ2v) is 6.11. The number of aryl methyl sites for hydroxylation is 1. The van der Waals surface area contributed by atoms with Crippen molar-refractivity contribution >= 4 is 0 Å². The van der Waals surface area contributed by atoms with E-state index in [0.717, 1.165) is 43.5 Å². The average molecular weight is 277 g/mol. The van der Waals surface area contributed by atoms with E-state index in [1.807, 2.05) is 0 Å². The molecule has 0 aromatic heterocycles. The Hall–Kier alpha value is -1.06. The molecule has 3 heteroatoms. The van der Waals surface area contributed by atoms with Gasteiger partial charge in [0, 0.05) is 18.2 Å². The average Bonchev–Trinajstić information content (AvgIpc) is 2.41. The van der Waals surface area contributed by atoms with Crippen LogP contribution in [0.5, 0.6) is 5.75 Å². The second kappa shape index (κ2) is 7.09. The number of benzene rings is 1. The van der Waals surface area contributed by atoms with Gasteiger partial charge in [-0.05, 0) is 31.7 Å². The highest BCUT2D eigenvalue weighted by Gasteiger charge is 2.25. The number of aliphatic hydroxyl groups excluding tert-OH is 1. The lowest BCUT2D eigenvalue weighted by molar-refractivity contribution is 0.00601. The van der Waals surface area contributed by atoms with Gasteiger partial charge in [-0.15, -0.1) is 0 Å². The summed E-state index contributed by atoms with van der Waals surface area (Å²) in [6.45, 7) is 7.16. The van der Waals surface area contributed by atoms with E-state index in [4.69, 9.17) is 4.74 Å². The highest BCUT2D eigenvalue weighted by molar-refractivity contribution is 5.41. The number of nitrogens with one attached hydrogen (secondary N) is 1.